The summed E-state index contributed by atoms with van der Waals surface area (Å²) in [7, 11) is 0. The zero-order valence-electron chi connectivity index (χ0n) is 16.8. The van der Waals surface area contributed by atoms with Crippen molar-refractivity contribution in [3.05, 3.63) is 76.7 Å². The molecular weight excluding hydrogens is 407 g/mol. The smallest absolute Gasteiger partial charge is 0.338 e. The van der Waals surface area contributed by atoms with Gasteiger partial charge in [-0.15, -0.1) is 0 Å². The zero-order chi connectivity index (χ0) is 22.2. The Morgan fingerprint density at radius 3 is 2.55 bits per heavy atom. The van der Waals surface area contributed by atoms with E-state index in [2.05, 4.69) is 10.6 Å². The van der Waals surface area contributed by atoms with E-state index in [9.17, 15) is 18.8 Å². The van der Waals surface area contributed by atoms with Gasteiger partial charge in [0.2, 0.25) is 0 Å². The molecule has 0 atom stereocenters. The van der Waals surface area contributed by atoms with Crippen molar-refractivity contribution in [1.29, 1.82) is 0 Å². The van der Waals surface area contributed by atoms with Crippen molar-refractivity contribution in [2.75, 3.05) is 19.8 Å². The van der Waals surface area contributed by atoms with Crippen molar-refractivity contribution in [2.45, 2.75) is 13.5 Å². The first-order valence-electron chi connectivity index (χ1n) is 9.54. The number of carbonyl (C=O) groups is 3. The van der Waals surface area contributed by atoms with E-state index in [0.29, 0.717) is 5.75 Å². The van der Waals surface area contributed by atoms with Crippen LogP contribution in [-0.2, 0) is 20.9 Å². The van der Waals surface area contributed by atoms with Gasteiger partial charge in [0.1, 0.15) is 24.8 Å². The first-order valence-corrected chi connectivity index (χ1v) is 9.54. The maximum absolute atomic E-state index is 13.0. The Bertz CT molecular complexity index is 1000. The second-order valence-electron chi connectivity index (χ2n) is 6.50. The molecule has 3 rings (SSSR count). The fourth-order valence-corrected chi connectivity index (χ4v) is 2.75. The number of carbonyl (C=O) groups excluding carboxylic acids is 3. The Balaban J connectivity index is 1.63. The highest BCUT2D eigenvalue weighted by Gasteiger charge is 2.24. The van der Waals surface area contributed by atoms with Gasteiger partial charge in [-0.1, -0.05) is 18.2 Å². The molecule has 9 heteroatoms. The number of urea groups is 1. The van der Waals surface area contributed by atoms with Crippen LogP contribution in [0.1, 0.15) is 22.8 Å². The lowest BCUT2D eigenvalue weighted by Gasteiger charge is -2.21. The minimum absolute atomic E-state index is 0.0236. The van der Waals surface area contributed by atoms with Gasteiger partial charge < -0.3 is 24.8 Å². The lowest BCUT2D eigenvalue weighted by molar-refractivity contribution is -0.138. The molecule has 1 aliphatic rings. The van der Waals surface area contributed by atoms with Gasteiger partial charge in [0, 0.05) is 0 Å². The summed E-state index contributed by atoms with van der Waals surface area (Å²) in [5.41, 5.74) is 1.36. The molecular formula is C22H21FN2O6. The Morgan fingerprint density at radius 2 is 1.81 bits per heavy atom. The molecule has 0 spiro atoms. The number of hydrogen-bond acceptors (Lipinski definition) is 6. The van der Waals surface area contributed by atoms with Gasteiger partial charge in [-0.25, -0.2) is 18.8 Å². The lowest BCUT2D eigenvalue weighted by atomic mass is 10.1. The average Bonchev–Trinajstić information content (AvgIpc) is 2.77. The second-order valence-corrected chi connectivity index (χ2v) is 6.50. The van der Waals surface area contributed by atoms with Gasteiger partial charge in [0.15, 0.2) is 0 Å². The summed E-state index contributed by atoms with van der Waals surface area (Å²) >= 11 is 0. The number of esters is 2. The van der Waals surface area contributed by atoms with Crippen molar-refractivity contribution >= 4 is 18.0 Å². The molecule has 1 heterocycles. The van der Waals surface area contributed by atoms with Crippen molar-refractivity contribution in [1.82, 2.24) is 10.6 Å². The molecule has 0 saturated heterocycles. The van der Waals surface area contributed by atoms with E-state index in [1.54, 1.807) is 37.3 Å². The van der Waals surface area contributed by atoms with E-state index in [1.807, 2.05) is 0 Å². The number of rotatable bonds is 8. The molecule has 8 nitrogen and oxygen atoms in total. The van der Waals surface area contributed by atoms with E-state index in [-0.39, 0.29) is 49.0 Å². The van der Waals surface area contributed by atoms with Gasteiger partial charge in [-0.05, 0) is 42.8 Å². The molecule has 2 N–H and O–H groups in total. The predicted octanol–water partition coefficient (Wildman–Crippen LogP) is 2.69. The van der Waals surface area contributed by atoms with Crippen LogP contribution in [0, 0.1) is 5.82 Å². The first kappa shape index (κ1) is 21.8. The van der Waals surface area contributed by atoms with Crippen LogP contribution in [0.15, 0.2) is 59.8 Å². The maximum atomic E-state index is 13.0. The fourth-order valence-electron chi connectivity index (χ4n) is 2.75. The summed E-state index contributed by atoms with van der Waals surface area (Å²) in [4.78, 5) is 36.1. The Kier molecular flexibility index (Phi) is 7.21. The molecule has 1 aliphatic heterocycles. The molecule has 0 saturated carbocycles. The number of ether oxygens (including phenoxy) is 3. The highest BCUT2D eigenvalue weighted by molar-refractivity contribution is 5.94. The summed E-state index contributed by atoms with van der Waals surface area (Å²) < 4.78 is 28.8. The molecule has 0 aromatic heterocycles. The van der Waals surface area contributed by atoms with Crippen LogP contribution in [0.4, 0.5) is 9.18 Å². The normalized spacial score (nSPS) is 13.2. The third-order valence-corrected chi connectivity index (χ3v) is 4.31. The topological polar surface area (TPSA) is 103 Å². The van der Waals surface area contributed by atoms with Crippen molar-refractivity contribution in [2.24, 2.45) is 0 Å². The molecule has 2 aromatic rings. The number of amides is 2. The third-order valence-electron chi connectivity index (χ3n) is 4.31. The zero-order valence-corrected chi connectivity index (χ0v) is 16.8. The molecule has 162 valence electrons. The summed E-state index contributed by atoms with van der Waals surface area (Å²) in [6, 6.07) is 11.8. The largest absolute Gasteiger partial charge is 0.489 e. The van der Waals surface area contributed by atoms with E-state index in [4.69, 9.17) is 14.2 Å². The summed E-state index contributed by atoms with van der Waals surface area (Å²) in [6.07, 6.45) is 0. The molecule has 2 aromatic carbocycles. The predicted molar refractivity (Wildman–Crippen MR) is 108 cm³/mol. The summed E-state index contributed by atoms with van der Waals surface area (Å²) in [6.45, 7) is 1.71. The number of halogens is 1. The van der Waals surface area contributed by atoms with Crippen LogP contribution in [0.3, 0.4) is 0 Å². The van der Waals surface area contributed by atoms with Crippen LogP contribution in [0.25, 0.3) is 0 Å². The maximum Gasteiger partial charge on any atom is 0.338 e. The van der Waals surface area contributed by atoms with Crippen molar-refractivity contribution in [3.8, 4) is 5.75 Å². The highest BCUT2D eigenvalue weighted by Crippen LogP contribution is 2.17. The summed E-state index contributed by atoms with van der Waals surface area (Å²) in [5, 5.41) is 4.94. The minimum atomic E-state index is -0.657. The second kappa shape index (κ2) is 10.2. The summed E-state index contributed by atoms with van der Waals surface area (Å²) in [5.74, 6) is -1.16. The van der Waals surface area contributed by atoms with Crippen LogP contribution >= 0.6 is 0 Å². The van der Waals surface area contributed by atoms with Crippen LogP contribution in [0.5, 0.6) is 5.75 Å². The number of nitrogens with one attached hydrogen (secondary N) is 2. The molecule has 0 unspecified atom stereocenters. The monoisotopic (exact) mass is 428 g/mol. The molecule has 2 amide bonds. The molecule has 0 fully saturated rings. The van der Waals surface area contributed by atoms with E-state index in [0.717, 1.165) is 5.56 Å². The Labute approximate surface area is 178 Å². The average molecular weight is 428 g/mol. The quantitative estimate of drug-likeness (QED) is 0.627. The van der Waals surface area contributed by atoms with Gasteiger partial charge in [-0.3, -0.25) is 0 Å². The van der Waals surface area contributed by atoms with Gasteiger partial charge in [-0.2, -0.15) is 0 Å². The molecule has 0 aliphatic carbocycles. The van der Waals surface area contributed by atoms with E-state index >= 15 is 0 Å². The van der Waals surface area contributed by atoms with Crippen LogP contribution in [-0.4, -0.2) is 37.7 Å². The van der Waals surface area contributed by atoms with Gasteiger partial charge in [0.25, 0.3) is 0 Å². The molecule has 0 radical (unpaired) electrons. The van der Waals surface area contributed by atoms with Gasteiger partial charge >= 0.3 is 18.0 Å². The fraction of sp³-hybridized carbons (Fsp3) is 0.227. The molecule has 0 bridgehead atoms. The molecule has 31 heavy (non-hydrogen) atoms. The Morgan fingerprint density at radius 1 is 1.03 bits per heavy atom. The van der Waals surface area contributed by atoms with E-state index < -0.39 is 18.0 Å². The SMILES string of the molecule is CCOC(=O)C1=C(COC(=O)c2cccc(OCc3ccc(F)cc3)c2)NC(=O)NC1. The first-order chi connectivity index (χ1) is 15.0. The van der Waals surface area contributed by atoms with Crippen molar-refractivity contribution < 1.29 is 33.0 Å². The van der Waals surface area contributed by atoms with E-state index in [1.165, 1.54) is 18.2 Å². The highest BCUT2D eigenvalue weighted by atomic mass is 19.1. The van der Waals surface area contributed by atoms with Gasteiger partial charge in [0.05, 0.1) is 30.0 Å². The minimum Gasteiger partial charge on any atom is -0.489 e. The number of benzene rings is 2. The third kappa shape index (κ3) is 6.05. The Hall–Kier alpha value is -3.88. The van der Waals surface area contributed by atoms with Crippen LogP contribution < -0.4 is 15.4 Å². The van der Waals surface area contributed by atoms with Crippen molar-refractivity contribution in [3.63, 3.8) is 0 Å². The number of hydrogen-bond donors (Lipinski definition) is 2. The standard InChI is InChI=1S/C22H21FN2O6/c1-2-29-21(27)18-11-24-22(28)25-19(18)13-31-20(26)15-4-3-5-17(10-15)30-12-14-6-8-16(23)9-7-14/h3-10H,2,11-13H2,1H3,(H2,24,25,28). The van der Waals surface area contributed by atoms with Crippen LogP contribution in [0.2, 0.25) is 0 Å². The lowest BCUT2D eigenvalue weighted by Crippen LogP contribution is -2.45.